The van der Waals surface area contributed by atoms with E-state index < -0.39 is 23.7 Å². The van der Waals surface area contributed by atoms with E-state index in [2.05, 4.69) is 0 Å². The summed E-state index contributed by atoms with van der Waals surface area (Å²) < 4.78 is 18.3. The number of benzene rings is 2. The van der Waals surface area contributed by atoms with Crippen LogP contribution in [0.5, 0.6) is 5.75 Å². The van der Waals surface area contributed by atoms with Crippen molar-refractivity contribution < 1.29 is 23.8 Å². The Balaban J connectivity index is 2.04. The Morgan fingerprint density at radius 3 is 2.33 bits per heavy atom. The second-order valence-corrected chi connectivity index (χ2v) is 5.61. The van der Waals surface area contributed by atoms with Crippen LogP contribution >= 0.6 is 0 Å². The Hall–Kier alpha value is -2.89. The van der Waals surface area contributed by atoms with E-state index in [0.717, 1.165) is 0 Å². The van der Waals surface area contributed by atoms with Crippen molar-refractivity contribution in [3.63, 3.8) is 0 Å². The summed E-state index contributed by atoms with van der Waals surface area (Å²) in [5.41, 5.74) is 1.17. The number of anilines is 1. The molecule has 0 radical (unpaired) electrons. The number of carboxylic acids is 1. The molecule has 0 aliphatic carbocycles. The van der Waals surface area contributed by atoms with Crippen LogP contribution < -0.4 is 9.64 Å². The van der Waals surface area contributed by atoms with Crippen LogP contribution in [-0.2, 0) is 9.59 Å². The van der Waals surface area contributed by atoms with Gasteiger partial charge < -0.3 is 14.7 Å². The summed E-state index contributed by atoms with van der Waals surface area (Å²) in [5.74, 6) is -1.98. The molecular weight excluding hydrogens is 313 g/mol. The van der Waals surface area contributed by atoms with Crippen LogP contribution in [0.15, 0.2) is 48.5 Å². The average Bonchev–Trinajstić information content (AvgIpc) is 2.93. The van der Waals surface area contributed by atoms with Crippen molar-refractivity contribution in [2.45, 2.75) is 12.5 Å². The maximum absolute atomic E-state index is 13.2. The van der Waals surface area contributed by atoms with Crippen LogP contribution in [0.2, 0.25) is 0 Å². The Morgan fingerprint density at radius 2 is 1.79 bits per heavy atom. The zero-order valence-electron chi connectivity index (χ0n) is 13.0. The molecule has 0 aromatic heterocycles. The number of carboxylic acid groups (broad SMARTS) is 1. The SMILES string of the molecule is COc1ccc(N2C(=O)CC(C(=O)O)C2c2ccc(F)cc2)cc1. The largest absolute Gasteiger partial charge is 0.497 e. The summed E-state index contributed by atoms with van der Waals surface area (Å²) in [7, 11) is 1.54. The molecule has 1 fully saturated rings. The van der Waals surface area contributed by atoms with E-state index in [4.69, 9.17) is 4.74 Å². The number of nitrogens with zero attached hydrogens (tertiary/aromatic N) is 1. The lowest BCUT2D eigenvalue weighted by Crippen LogP contribution is -2.30. The third-order valence-electron chi connectivity index (χ3n) is 4.20. The highest BCUT2D eigenvalue weighted by Crippen LogP contribution is 2.41. The molecule has 1 N–H and O–H groups in total. The van der Waals surface area contributed by atoms with Gasteiger partial charge in [0.2, 0.25) is 5.91 Å². The Bertz CT molecular complexity index is 758. The second kappa shape index (κ2) is 6.31. The quantitative estimate of drug-likeness (QED) is 0.936. The van der Waals surface area contributed by atoms with Crippen LogP contribution in [0.4, 0.5) is 10.1 Å². The minimum atomic E-state index is -1.05. The third kappa shape index (κ3) is 2.82. The fraction of sp³-hybridized carbons (Fsp3) is 0.222. The molecule has 6 heteroatoms. The van der Waals surface area contributed by atoms with Crippen molar-refractivity contribution in [3.8, 4) is 5.75 Å². The number of aliphatic carboxylic acids is 1. The molecule has 2 aromatic carbocycles. The number of carbonyl (C=O) groups excluding carboxylic acids is 1. The van der Waals surface area contributed by atoms with Crippen molar-refractivity contribution in [2.24, 2.45) is 5.92 Å². The van der Waals surface area contributed by atoms with Crippen LogP contribution in [0, 0.1) is 11.7 Å². The van der Waals surface area contributed by atoms with E-state index in [-0.39, 0.29) is 12.3 Å². The number of hydrogen-bond acceptors (Lipinski definition) is 3. The molecule has 5 nitrogen and oxygen atoms in total. The van der Waals surface area contributed by atoms with Crippen molar-refractivity contribution in [1.82, 2.24) is 0 Å². The van der Waals surface area contributed by atoms with Crippen LogP contribution in [-0.4, -0.2) is 24.1 Å². The molecular formula is C18H16FNO4. The predicted molar refractivity (Wildman–Crippen MR) is 85.4 cm³/mol. The molecule has 2 atom stereocenters. The lowest BCUT2D eigenvalue weighted by Gasteiger charge is -2.27. The van der Waals surface area contributed by atoms with Crippen molar-refractivity contribution in [3.05, 3.63) is 59.9 Å². The molecule has 2 aromatic rings. The Labute approximate surface area is 138 Å². The van der Waals surface area contributed by atoms with Crippen LogP contribution in [0.3, 0.4) is 0 Å². The summed E-state index contributed by atoms with van der Waals surface area (Å²) in [4.78, 5) is 25.5. The zero-order valence-corrected chi connectivity index (χ0v) is 13.0. The smallest absolute Gasteiger partial charge is 0.309 e. The van der Waals surface area contributed by atoms with E-state index in [1.165, 1.54) is 36.3 Å². The van der Waals surface area contributed by atoms with Gasteiger partial charge in [-0.15, -0.1) is 0 Å². The predicted octanol–water partition coefficient (Wildman–Crippen LogP) is 3.01. The summed E-state index contributed by atoms with van der Waals surface area (Å²) in [6.07, 6.45) is -0.0938. The highest BCUT2D eigenvalue weighted by atomic mass is 19.1. The fourth-order valence-corrected chi connectivity index (χ4v) is 3.04. The standard InChI is InChI=1S/C18H16FNO4/c1-24-14-8-6-13(7-9-14)20-16(21)10-15(18(22)23)17(20)11-2-4-12(19)5-3-11/h2-9,15,17H,10H2,1H3,(H,22,23). The minimum Gasteiger partial charge on any atom is -0.497 e. The van der Waals surface area contributed by atoms with E-state index >= 15 is 0 Å². The van der Waals surface area contributed by atoms with Gasteiger partial charge in [0.15, 0.2) is 0 Å². The van der Waals surface area contributed by atoms with E-state index in [1.807, 2.05) is 0 Å². The average molecular weight is 329 g/mol. The number of ether oxygens (including phenoxy) is 1. The van der Waals surface area contributed by atoms with Gasteiger partial charge in [0.1, 0.15) is 11.6 Å². The Kier molecular flexibility index (Phi) is 4.20. The molecule has 1 saturated heterocycles. The lowest BCUT2D eigenvalue weighted by atomic mass is 9.93. The van der Waals surface area contributed by atoms with E-state index in [9.17, 15) is 19.1 Å². The summed E-state index contributed by atoms with van der Waals surface area (Å²) in [5, 5.41) is 9.49. The molecule has 3 rings (SSSR count). The third-order valence-corrected chi connectivity index (χ3v) is 4.20. The number of amides is 1. The van der Waals surface area contributed by atoms with Gasteiger partial charge in [0.05, 0.1) is 19.1 Å². The minimum absolute atomic E-state index is 0.0938. The van der Waals surface area contributed by atoms with Gasteiger partial charge in [0, 0.05) is 12.1 Å². The van der Waals surface area contributed by atoms with Gasteiger partial charge in [-0.1, -0.05) is 12.1 Å². The fourth-order valence-electron chi connectivity index (χ4n) is 3.04. The van der Waals surface area contributed by atoms with E-state index in [1.54, 1.807) is 24.3 Å². The lowest BCUT2D eigenvalue weighted by molar-refractivity contribution is -0.142. The number of hydrogen-bond donors (Lipinski definition) is 1. The molecule has 0 saturated carbocycles. The highest BCUT2D eigenvalue weighted by molar-refractivity contribution is 6.00. The van der Waals surface area contributed by atoms with Crippen molar-refractivity contribution >= 4 is 17.6 Å². The summed E-state index contributed by atoms with van der Waals surface area (Å²) in [6.45, 7) is 0. The molecule has 0 spiro atoms. The Morgan fingerprint density at radius 1 is 1.17 bits per heavy atom. The maximum atomic E-state index is 13.2. The van der Waals surface area contributed by atoms with Gasteiger partial charge in [-0.05, 0) is 42.0 Å². The molecule has 24 heavy (non-hydrogen) atoms. The second-order valence-electron chi connectivity index (χ2n) is 5.61. The van der Waals surface area contributed by atoms with Gasteiger partial charge >= 0.3 is 5.97 Å². The van der Waals surface area contributed by atoms with Crippen LogP contribution in [0.1, 0.15) is 18.0 Å². The first-order valence-electron chi connectivity index (χ1n) is 7.45. The monoisotopic (exact) mass is 329 g/mol. The van der Waals surface area contributed by atoms with Crippen molar-refractivity contribution in [2.75, 3.05) is 12.0 Å². The first kappa shape index (κ1) is 16.0. The highest BCUT2D eigenvalue weighted by Gasteiger charge is 2.45. The van der Waals surface area contributed by atoms with Gasteiger partial charge in [-0.3, -0.25) is 9.59 Å². The summed E-state index contributed by atoms with van der Waals surface area (Å²) >= 11 is 0. The van der Waals surface area contributed by atoms with E-state index in [0.29, 0.717) is 17.0 Å². The first-order chi connectivity index (χ1) is 11.5. The molecule has 2 unspecified atom stereocenters. The number of halogens is 1. The molecule has 1 aliphatic heterocycles. The first-order valence-corrected chi connectivity index (χ1v) is 7.45. The number of rotatable bonds is 4. The van der Waals surface area contributed by atoms with Crippen LogP contribution in [0.25, 0.3) is 0 Å². The molecule has 124 valence electrons. The topological polar surface area (TPSA) is 66.8 Å². The molecule has 1 heterocycles. The zero-order chi connectivity index (χ0) is 17.3. The van der Waals surface area contributed by atoms with Gasteiger partial charge in [-0.25, -0.2) is 4.39 Å². The summed E-state index contributed by atoms with van der Waals surface area (Å²) in [6, 6.07) is 11.7. The van der Waals surface area contributed by atoms with Gasteiger partial charge in [0.25, 0.3) is 0 Å². The number of carbonyl (C=O) groups is 2. The molecule has 1 amide bonds. The maximum Gasteiger partial charge on any atom is 0.309 e. The van der Waals surface area contributed by atoms with Crippen molar-refractivity contribution in [1.29, 1.82) is 0 Å². The molecule has 1 aliphatic rings. The number of methoxy groups -OCH3 is 1. The normalized spacial score (nSPS) is 20.2. The van der Waals surface area contributed by atoms with Gasteiger partial charge in [-0.2, -0.15) is 0 Å². The molecule has 0 bridgehead atoms.